The van der Waals surface area contributed by atoms with Crippen molar-refractivity contribution in [3.8, 4) is 5.88 Å². The predicted octanol–water partition coefficient (Wildman–Crippen LogP) is 5.09. The maximum atomic E-state index is 13.3. The number of benzene rings is 2. The Labute approximate surface area is 229 Å². The second-order valence-corrected chi connectivity index (χ2v) is 10.7. The van der Waals surface area contributed by atoms with E-state index in [2.05, 4.69) is 34.7 Å². The molecule has 1 aromatic heterocycles. The average molecular weight is 529 g/mol. The van der Waals surface area contributed by atoms with E-state index in [1.807, 2.05) is 37.3 Å². The number of aromatic nitrogens is 2. The molecule has 2 aliphatic rings. The van der Waals surface area contributed by atoms with E-state index in [0.29, 0.717) is 6.54 Å². The third kappa shape index (κ3) is 6.56. The van der Waals surface area contributed by atoms with Gasteiger partial charge in [-0.15, -0.1) is 5.10 Å². The maximum absolute atomic E-state index is 13.3. The summed E-state index contributed by atoms with van der Waals surface area (Å²) in [5.41, 5.74) is 3.01. The van der Waals surface area contributed by atoms with Crippen molar-refractivity contribution in [2.24, 2.45) is 13.0 Å². The Kier molecular flexibility index (Phi) is 8.10. The lowest BCUT2D eigenvalue weighted by atomic mass is 9.74. The number of nitrogens with zero attached hydrogens (tertiary/aromatic N) is 3. The fourth-order valence-electron chi connectivity index (χ4n) is 5.47. The summed E-state index contributed by atoms with van der Waals surface area (Å²) in [4.78, 5) is 39.6. The second kappa shape index (κ2) is 11.8. The SMILES string of the molecule is C[C@H](NC(=O)[C@H]1CCCC[C@@H]1c1ccc(CN(C(=O)Oc2ccc(=O)n(C)n2)C2CC2)cc1)c1ccccc1. The molecule has 0 spiro atoms. The summed E-state index contributed by atoms with van der Waals surface area (Å²) >= 11 is 0. The van der Waals surface area contributed by atoms with Crippen LogP contribution in [0.2, 0.25) is 0 Å². The van der Waals surface area contributed by atoms with Crippen molar-refractivity contribution < 1.29 is 14.3 Å². The topological polar surface area (TPSA) is 93.5 Å². The Morgan fingerprint density at radius 2 is 1.72 bits per heavy atom. The van der Waals surface area contributed by atoms with Crippen LogP contribution in [-0.4, -0.2) is 32.7 Å². The molecule has 3 atom stereocenters. The molecule has 2 fully saturated rings. The van der Waals surface area contributed by atoms with Gasteiger partial charge in [-0.1, -0.05) is 67.4 Å². The van der Waals surface area contributed by atoms with Gasteiger partial charge < -0.3 is 15.0 Å². The lowest BCUT2D eigenvalue weighted by Gasteiger charge is -2.32. The normalized spacial score (nSPS) is 19.6. The Bertz CT molecular complexity index is 1350. The molecule has 204 valence electrons. The molecule has 3 aromatic rings. The van der Waals surface area contributed by atoms with Gasteiger partial charge in [-0.3, -0.25) is 9.59 Å². The van der Waals surface area contributed by atoms with Gasteiger partial charge in [0.25, 0.3) is 5.56 Å². The van der Waals surface area contributed by atoms with Gasteiger partial charge in [-0.05, 0) is 55.2 Å². The average Bonchev–Trinajstić information content (AvgIpc) is 3.80. The van der Waals surface area contributed by atoms with E-state index in [1.54, 1.807) is 4.90 Å². The number of carbonyl (C=O) groups is 2. The third-order valence-corrected chi connectivity index (χ3v) is 7.87. The highest BCUT2D eigenvalue weighted by molar-refractivity contribution is 5.80. The quantitative estimate of drug-likeness (QED) is 0.439. The van der Waals surface area contributed by atoms with Crippen molar-refractivity contribution in [1.29, 1.82) is 0 Å². The lowest BCUT2D eigenvalue weighted by molar-refractivity contribution is -0.127. The molecule has 2 aromatic carbocycles. The number of rotatable bonds is 8. The van der Waals surface area contributed by atoms with E-state index in [-0.39, 0.29) is 41.3 Å². The molecule has 8 nitrogen and oxygen atoms in total. The van der Waals surface area contributed by atoms with Gasteiger partial charge in [0.2, 0.25) is 11.8 Å². The van der Waals surface area contributed by atoms with Crippen LogP contribution < -0.4 is 15.6 Å². The highest BCUT2D eigenvalue weighted by Gasteiger charge is 2.35. The van der Waals surface area contributed by atoms with Crippen LogP contribution in [0.3, 0.4) is 0 Å². The van der Waals surface area contributed by atoms with Crippen LogP contribution in [0.4, 0.5) is 4.79 Å². The summed E-state index contributed by atoms with van der Waals surface area (Å²) in [5, 5.41) is 7.24. The van der Waals surface area contributed by atoms with E-state index in [0.717, 1.165) is 54.3 Å². The highest BCUT2D eigenvalue weighted by Crippen LogP contribution is 2.38. The summed E-state index contributed by atoms with van der Waals surface area (Å²) in [6.45, 7) is 2.46. The Hall–Kier alpha value is -3.94. The van der Waals surface area contributed by atoms with Gasteiger partial charge in [0.1, 0.15) is 0 Å². The fourth-order valence-corrected chi connectivity index (χ4v) is 5.47. The Morgan fingerprint density at radius 3 is 2.41 bits per heavy atom. The molecule has 1 N–H and O–H groups in total. The van der Waals surface area contributed by atoms with Gasteiger partial charge in [0.05, 0.1) is 6.04 Å². The monoisotopic (exact) mass is 528 g/mol. The predicted molar refractivity (Wildman–Crippen MR) is 148 cm³/mol. The van der Waals surface area contributed by atoms with Crippen LogP contribution in [0, 0.1) is 5.92 Å². The smallest absolute Gasteiger partial charge is 0.390 e. The Balaban J connectivity index is 1.24. The Morgan fingerprint density at radius 1 is 1.00 bits per heavy atom. The molecule has 0 radical (unpaired) electrons. The molecule has 0 bridgehead atoms. The molecule has 0 aliphatic heterocycles. The molecule has 2 amide bonds. The first-order valence-electron chi connectivity index (χ1n) is 13.9. The number of amides is 2. The zero-order valence-electron chi connectivity index (χ0n) is 22.6. The van der Waals surface area contributed by atoms with Crippen LogP contribution in [0.15, 0.2) is 71.5 Å². The van der Waals surface area contributed by atoms with Crippen LogP contribution in [0.1, 0.15) is 74.1 Å². The molecule has 0 saturated heterocycles. The van der Waals surface area contributed by atoms with Crippen molar-refractivity contribution in [1.82, 2.24) is 20.0 Å². The molecule has 1 heterocycles. The summed E-state index contributed by atoms with van der Waals surface area (Å²) in [5.74, 6) is 0.347. The molecule has 5 rings (SSSR count). The highest BCUT2D eigenvalue weighted by atomic mass is 16.6. The first-order valence-corrected chi connectivity index (χ1v) is 13.9. The minimum absolute atomic E-state index is 0.0345. The number of hydrogen-bond acceptors (Lipinski definition) is 5. The van der Waals surface area contributed by atoms with E-state index in [9.17, 15) is 14.4 Å². The molecule has 2 saturated carbocycles. The third-order valence-electron chi connectivity index (χ3n) is 7.87. The van der Waals surface area contributed by atoms with Crippen molar-refractivity contribution in [3.05, 3.63) is 93.8 Å². The summed E-state index contributed by atoms with van der Waals surface area (Å²) < 4.78 is 6.62. The number of carbonyl (C=O) groups excluding carboxylic acids is 2. The minimum atomic E-state index is -0.468. The largest absolute Gasteiger partial charge is 0.417 e. The van der Waals surface area contributed by atoms with Crippen LogP contribution >= 0.6 is 0 Å². The van der Waals surface area contributed by atoms with E-state index in [1.165, 1.54) is 24.7 Å². The van der Waals surface area contributed by atoms with Crippen molar-refractivity contribution in [2.75, 3.05) is 0 Å². The van der Waals surface area contributed by atoms with Crippen molar-refractivity contribution >= 4 is 12.0 Å². The summed E-state index contributed by atoms with van der Waals surface area (Å²) in [6.07, 6.45) is 5.47. The molecular formula is C31H36N4O4. The zero-order valence-corrected chi connectivity index (χ0v) is 22.6. The minimum Gasteiger partial charge on any atom is -0.390 e. The molecule has 39 heavy (non-hydrogen) atoms. The lowest BCUT2D eigenvalue weighted by Crippen LogP contribution is -2.37. The summed E-state index contributed by atoms with van der Waals surface area (Å²) in [6, 6.07) is 21.2. The maximum Gasteiger partial charge on any atom is 0.417 e. The molecule has 8 heteroatoms. The van der Waals surface area contributed by atoms with Gasteiger partial charge in [0, 0.05) is 37.7 Å². The van der Waals surface area contributed by atoms with Gasteiger partial charge >= 0.3 is 6.09 Å². The van der Waals surface area contributed by atoms with Gasteiger partial charge in [0.15, 0.2) is 0 Å². The van der Waals surface area contributed by atoms with E-state index < -0.39 is 6.09 Å². The molecule has 0 unspecified atom stereocenters. The van der Waals surface area contributed by atoms with Crippen LogP contribution in [0.25, 0.3) is 0 Å². The second-order valence-electron chi connectivity index (χ2n) is 10.7. The zero-order chi connectivity index (χ0) is 27.4. The first kappa shape index (κ1) is 26.7. The van der Waals surface area contributed by atoms with Gasteiger partial charge in [-0.2, -0.15) is 0 Å². The number of aryl methyl sites for hydroxylation is 1. The standard InChI is InChI=1S/C31H36N4O4/c1-21(23-8-4-3-5-9-23)32-30(37)27-11-7-6-10-26(27)24-14-12-22(13-15-24)20-35(25-16-17-25)31(38)39-28-18-19-29(36)34(2)33-28/h3-5,8-9,12-15,18-19,21,25-27H,6-7,10-11,16-17,20H2,1-2H3,(H,32,37)/t21-,26+,27-/m0/s1. The number of hydrogen-bond donors (Lipinski definition) is 1. The first-order chi connectivity index (χ1) is 18.9. The number of ether oxygens (including phenoxy) is 1. The van der Waals surface area contributed by atoms with E-state index >= 15 is 0 Å². The molecular weight excluding hydrogens is 492 g/mol. The van der Waals surface area contributed by atoms with E-state index in [4.69, 9.17) is 4.74 Å². The van der Waals surface area contributed by atoms with Crippen molar-refractivity contribution in [3.63, 3.8) is 0 Å². The van der Waals surface area contributed by atoms with Gasteiger partial charge in [-0.25, -0.2) is 9.48 Å². The van der Waals surface area contributed by atoms with Crippen LogP contribution in [-0.2, 0) is 18.4 Å². The van der Waals surface area contributed by atoms with Crippen LogP contribution in [0.5, 0.6) is 5.88 Å². The van der Waals surface area contributed by atoms with Crippen molar-refractivity contribution in [2.45, 2.75) is 70.0 Å². The molecule has 2 aliphatic carbocycles. The summed E-state index contributed by atoms with van der Waals surface area (Å²) in [7, 11) is 1.52. The number of nitrogens with one attached hydrogen (secondary N) is 1. The fraction of sp³-hybridized carbons (Fsp3) is 0.419.